The van der Waals surface area contributed by atoms with Crippen LogP contribution in [0.5, 0.6) is 5.75 Å². The van der Waals surface area contributed by atoms with Gasteiger partial charge in [0.15, 0.2) is 0 Å². The SMILES string of the molecule is C=CCc1c(OCCN(C)C)ccc2ccccc12.Cl. The minimum Gasteiger partial charge on any atom is -0.492 e. The number of fused-ring (bicyclic) bond motifs is 1. The minimum atomic E-state index is 0. The van der Waals surface area contributed by atoms with Gasteiger partial charge in [-0.15, -0.1) is 19.0 Å². The standard InChI is InChI=1S/C17H21NO.ClH/c1-4-7-16-15-9-6-5-8-14(15)10-11-17(16)19-13-12-18(2)3;/h4-6,8-11H,1,7,12-13H2,2-3H3;1H. The van der Waals surface area contributed by atoms with E-state index in [0.717, 1.165) is 18.7 Å². The third kappa shape index (κ3) is 3.99. The quantitative estimate of drug-likeness (QED) is 0.748. The van der Waals surface area contributed by atoms with Gasteiger partial charge in [0, 0.05) is 12.1 Å². The lowest BCUT2D eigenvalue weighted by atomic mass is 10.0. The van der Waals surface area contributed by atoms with Gasteiger partial charge < -0.3 is 9.64 Å². The van der Waals surface area contributed by atoms with Crippen LogP contribution in [0.3, 0.4) is 0 Å². The lowest BCUT2D eigenvalue weighted by molar-refractivity contribution is 0.260. The maximum absolute atomic E-state index is 5.92. The van der Waals surface area contributed by atoms with Crippen molar-refractivity contribution in [2.45, 2.75) is 6.42 Å². The second-order valence-electron chi connectivity index (χ2n) is 4.91. The van der Waals surface area contributed by atoms with Crippen LogP contribution >= 0.6 is 12.4 Å². The average molecular weight is 292 g/mol. The van der Waals surface area contributed by atoms with E-state index < -0.39 is 0 Å². The molecule has 0 aliphatic heterocycles. The van der Waals surface area contributed by atoms with Gasteiger partial charge >= 0.3 is 0 Å². The van der Waals surface area contributed by atoms with Crippen molar-refractivity contribution in [3.8, 4) is 5.75 Å². The van der Waals surface area contributed by atoms with Crippen molar-refractivity contribution in [1.29, 1.82) is 0 Å². The zero-order valence-electron chi connectivity index (χ0n) is 12.1. The first-order valence-corrected chi connectivity index (χ1v) is 6.61. The number of hydrogen-bond donors (Lipinski definition) is 0. The van der Waals surface area contributed by atoms with Crippen molar-refractivity contribution < 1.29 is 4.74 Å². The highest BCUT2D eigenvalue weighted by Gasteiger charge is 2.07. The van der Waals surface area contributed by atoms with Crippen molar-refractivity contribution in [1.82, 2.24) is 4.90 Å². The lowest BCUT2D eigenvalue weighted by Crippen LogP contribution is -2.19. The fourth-order valence-electron chi connectivity index (χ4n) is 2.14. The molecule has 3 heteroatoms. The van der Waals surface area contributed by atoms with E-state index in [4.69, 9.17) is 4.74 Å². The fourth-order valence-corrected chi connectivity index (χ4v) is 2.14. The van der Waals surface area contributed by atoms with Crippen molar-refractivity contribution in [3.05, 3.63) is 54.6 Å². The summed E-state index contributed by atoms with van der Waals surface area (Å²) >= 11 is 0. The molecule has 0 aromatic heterocycles. The summed E-state index contributed by atoms with van der Waals surface area (Å²) in [7, 11) is 4.10. The number of likely N-dealkylation sites (N-methyl/N-ethyl adjacent to an activating group) is 1. The topological polar surface area (TPSA) is 12.5 Å². The van der Waals surface area contributed by atoms with E-state index in [1.54, 1.807) is 0 Å². The number of hydrogen-bond acceptors (Lipinski definition) is 2. The maximum atomic E-state index is 5.92. The summed E-state index contributed by atoms with van der Waals surface area (Å²) in [6.07, 6.45) is 2.76. The Morgan fingerprint density at radius 2 is 1.90 bits per heavy atom. The minimum absolute atomic E-state index is 0. The third-order valence-electron chi connectivity index (χ3n) is 3.14. The smallest absolute Gasteiger partial charge is 0.123 e. The Morgan fingerprint density at radius 3 is 2.60 bits per heavy atom. The first-order chi connectivity index (χ1) is 9.22. The predicted molar refractivity (Wildman–Crippen MR) is 89.1 cm³/mol. The van der Waals surface area contributed by atoms with Crippen LogP contribution in [0.2, 0.25) is 0 Å². The normalized spacial score (nSPS) is 10.3. The van der Waals surface area contributed by atoms with E-state index >= 15 is 0 Å². The molecule has 2 rings (SSSR count). The molecule has 0 spiro atoms. The van der Waals surface area contributed by atoms with Crippen molar-refractivity contribution in [2.24, 2.45) is 0 Å². The van der Waals surface area contributed by atoms with Crippen LogP contribution in [0.4, 0.5) is 0 Å². The van der Waals surface area contributed by atoms with E-state index in [2.05, 4.69) is 62.0 Å². The molecule has 0 N–H and O–H groups in total. The second kappa shape index (κ2) is 7.93. The second-order valence-corrected chi connectivity index (χ2v) is 4.91. The molecule has 0 radical (unpaired) electrons. The van der Waals surface area contributed by atoms with Gasteiger partial charge in [0.2, 0.25) is 0 Å². The molecule has 108 valence electrons. The summed E-state index contributed by atoms with van der Waals surface area (Å²) in [6, 6.07) is 12.6. The summed E-state index contributed by atoms with van der Waals surface area (Å²) in [5, 5.41) is 2.50. The Hall–Kier alpha value is -1.51. The number of benzene rings is 2. The average Bonchev–Trinajstić information content (AvgIpc) is 2.41. The summed E-state index contributed by atoms with van der Waals surface area (Å²) in [5.74, 6) is 0.973. The molecule has 0 heterocycles. The van der Waals surface area contributed by atoms with E-state index in [0.29, 0.717) is 6.61 Å². The number of halogens is 1. The molecule has 2 aromatic carbocycles. The molecule has 2 aromatic rings. The molecule has 0 aliphatic carbocycles. The summed E-state index contributed by atoms with van der Waals surface area (Å²) in [6.45, 7) is 5.47. The molecular formula is C17H22ClNO. The van der Waals surface area contributed by atoms with Crippen LogP contribution in [0, 0.1) is 0 Å². The zero-order valence-corrected chi connectivity index (χ0v) is 13.0. The molecular weight excluding hydrogens is 270 g/mol. The van der Waals surface area contributed by atoms with Crippen LogP contribution in [0.25, 0.3) is 10.8 Å². The van der Waals surface area contributed by atoms with E-state index in [9.17, 15) is 0 Å². The Kier molecular flexibility index (Phi) is 6.56. The monoisotopic (exact) mass is 291 g/mol. The Labute approximate surface area is 127 Å². The Morgan fingerprint density at radius 1 is 1.15 bits per heavy atom. The number of rotatable bonds is 6. The van der Waals surface area contributed by atoms with Crippen LogP contribution < -0.4 is 4.74 Å². The van der Waals surface area contributed by atoms with Crippen LogP contribution in [0.15, 0.2) is 49.1 Å². The highest BCUT2D eigenvalue weighted by molar-refractivity contribution is 5.88. The van der Waals surface area contributed by atoms with Gasteiger partial charge in [-0.1, -0.05) is 36.4 Å². The van der Waals surface area contributed by atoms with Gasteiger partial charge in [-0.05, 0) is 37.4 Å². The van der Waals surface area contributed by atoms with Gasteiger partial charge in [0.05, 0.1) is 0 Å². The molecule has 2 nitrogen and oxygen atoms in total. The van der Waals surface area contributed by atoms with Crippen LogP contribution in [-0.4, -0.2) is 32.1 Å². The van der Waals surface area contributed by atoms with Crippen LogP contribution in [-0.2, 0) is 6.42 Å². The predicted octanol–water partition coefficient (Wildman–Crippen LogP) is 3.93. The molecule has 0 amide bonds. The number of ether oxygens (including phenoxy) is 1. The fraction of sp³-hybridized carbons (Fsp3) is 0.294. The maximum Gasteiger partial charge on any atom is 0.123 e. The molecule has 0 saturated carbocycles. The molecule has 0 saturated heterocycles. The zero-order chi connectivity index (χ0) is 13.7. The molecule has 0 atom stereocenters. The lowest BCUT2D eigenvalue weighted by Gasteiger charge is -2.15. The van der Waals surface area contributed by atoms with Gasteiger partial charge in [-0.3, -0.25) is 0 Å². The first kappa shape index (κ1) is 16.5. The van der Waals surface area contributed by atoms with Crippen molar-refractivity contribution in [2.75, 3.05) is 27.2 Å². The van der Waals surface area contributed by atoms with Gasteiger partial charge in [-0.25, -0.2) is 0 Å². The largest absolute Gasteiger partial charge is 0.492 e. The molecule has 0 aliphatic rings. The molecule has 0 fully saturated rings. The Balaban J connectivity index is 0.00000200. The van der Waals surface area contributed by atoms with Gasteiger partial charge in [-0.2, -0.15) is 0 Å². The summed E-state index contributed by atoms with van der Waals surface area (Å²) < 4.78 is 5.92. The van der Waals surface area contributed by atoms with Crippen molar-refractivity contribution in [3.63, 3.8) is 0 Å². The van der Waals surface area contributed by atoms with Crippen molar-refractivity contribution >= 4 is 23.2 Å². The van der Waals surface area contributed by atoms with Gasteiger partial charge in [0.1, 0.15) is 12.4 Å². The highest BCUT2D eigenvalue weighted by atomic mass is 35.5. The summed E-state index contributed by atoms with van der Waals surface area (Å²) in [4.78, 5) is 2.12. The third-order valence-corrected chi connectivity index (χ3v) is 3.14. The first-order valence-electron chi connectivity index (χ1n) is 6.61. The van der Waals surface area contributed by atoms with Crippen LogP contribution in [0.1, 0.15) is 5.56 Å². The molecule has 20 heavy (non-hydrogen) atoms. The summed E-state index contributed by atoms with van der Waals surface area (Å²) in [5.41, 5.74) is 1.23. The van der Waals surface area contributed by atoms with E-state index in [1.807, 2.05) is 6.08 Å². The molecule has 0 unspecified atom stereocenters. The van der Waals surface area contributed by atoms with Gasteiger partial charge in [0.25, 0.3) is 0 Å². The van der Waals surface area contributed by atoms with E-state index in [-0.39, 0.29) is 12.4 Å². The number of nitrogens with zero attached hydrogens (tertiary/aromatic N) is 1. The molecule has 0 bridgehead atoms. The highest BCUT2D eigenvalue weighted by Crippen LogP contribution is 2.28. The Bertz CT molecular complexity index is 566. The number of allylic oxidation sites excluding steroid dienone is 1. The van der Waals surface area contributed by atoms with E-state index in [1.165, 1.54) is 16.3 Å².